The normalized spacial score (nSPS) is 14.5. The minimum atomic E-state index is -0.887. The zero-order valence-corrected chi connectivity index (χ0v) is 8.25. The van der Waals surface area contributed by atoms with Crippen molar-refractivity contribution in [1.82, 2.24) is 0 Å². The van der Waals surface area contributed by atoms with E-state index in [-0.39, 0.29) is 18.1 Å². The molecule has 2 rings (SSSR count). The fourth-order valence-electron chi connectivity index (χ4n) is 1.73. The SMILES string of the molecule is CC(C)c1ccc2c(c1F)CB(O)O2. The van der Waals surface area contributed by atoms with Gasteiger partial charge in [0.15, 0.2) is 0 Å². The van der Waals surface area contributed by atoms with Crippen molar-refractivity contribution in [1.29, 1.82) is 0 Å². The third-order valence-corrected chi connectivity index (χ3v) is 2.49. The van der Waals surface area contributed by atoms with Gasteiger partial charge in [-0.05, 0) is 17.5 Å². The lowest BCUT2D eigenvalue weighted by atomic mass is 9.83. The molecule has 0 fully saturated rings. The lowest BCUT2D eigenvalue weighted by molar-refractivity contribution is 0.431. The Bertz CT molecular complexity index is 365. The first kappa shape index (κ1) is 9.53. The van der Waals surface area contributed by atoms with Gasteiger partial charge in [0.1, 0.15) is 11.6 Å². The highest BCUT2D eigenvalue weighted by molar-refractivity contribution is 6.44. The molecule has 1 aromatic rings. The quantitative estimate of drug-likeness (QED) is 0.691. The van der Waals surface area contributed by atoms with Crippen molar-refractivity contribution in [3.8, 4) is 5.75 Å². The van der Waals surface area contributed by atoms with Crippen LogP contribution < -0.4 is 4.65 Å². The standard InChI is InChI=1S/C10H12BFO2/c1-6(2)7-3-4-9-8(10(7)12)5-11(13)14-9/h3-4,6,13H,5H2,1-2H3. The molecular formula is C10H12BFO2. The molecule has 14 heavy (non-hydrogen) atoms. The van der Waals surface area contributed by atoms with Crippen molar-refractivity contribution in [2.75, 3.05) is 0 Å². The van der Waals surface area contributed by atoms with Gasteiger partial charge in [-0.15, -0.1) is 0 Å². The van der Waals surface area contributed by atoms with Crippen molar-refractivity contribution in [3.63, 3.8) is 0 Å². The van der Waals surface area contributed by atoms with Crippen molar-refractivity contribution in [2.45, 2.75) is 26.1 Å². The molecule has 0 unspecified atom stereocenters. The topological polar surface area (TPSA) is 29.5 Å². The average Bonchev–Trinajstić information content (AvgIpc) is 2.46. The first-order valence-electron chi connectivity index (χ1n) is 4.75. The first-order valence-corrected chi connectivity index (χ1v) is 4.75. The van der Waals surface area contributed by atoms with E-state index in [0.717, 1.165) is 0 Å². The van der Waals surface area contributed by atoms with Gasteiger partial charge in [0, 0.05) is 11.9 Å². The zero-order chi connectivity index (χ0) is 10.3. The van der Waals surface area contributed by atoms with Gasteiger partial charge in [-0.3, -0.25) is 0 Å². The second kappa shape index (κ2) is 3.28. The van der Waals surface area contributed by atoms with Crippen LogP contribution in [0.3, 0.4) is 0 Å². The smallest absolute Gasteiger partial charge is 0.527 e. The second-order valence-electron chi connectivity index (χ2n) is 3.88. The van der Waals surface area contributed by atoms with Crippen molar-refractivity contribution in [2.24, 2.45) is 0 Å². The highest BCUT2D eigenvalue weighted by atomic mass is 19.1. The summed E-state index contributed by atoms with van der Waals surface area (Å²) in [6.07, 6.45) is 0.252. The van der Waals surface area contributed by atoms with Crippen LogP contribution in [0.5, 0.6) is 5.75 Å². The molecular weight excluding hydrogens is 182 g/mol. The van der Waals surface area contributed by atoms with Crippen LogP contribution in [0.15, 0.2) is 12.1 Å². The molecule has 1 aliphatic rings. The predicted octanol–water partition coefficient (Wildman–Crippen LogP) is 1.90. The van der Waals surface area contributed by atoms with E-state index < -0.39 is 7.12 Å². The van der Waals surface area contributed by atoms with Crippen LogP contribution >= 0.6 is 0 Å². The fraction of sp³-hybridized carbons (Fsp3) is 0.400. The molecule has 0 atom stereocenters. The maximum Gasteiger partial charge on any atom is 0.527 e. The lowest BCUT2D eigenvalue weighted by Gasteiger charge is -2.09. The van der Waals surface area contributed by atoms with E-state index in [2.05, 4.69) is 0 Å². The maximum atomic E-state index is 13.8. The summed E-state index contributed by atoms with van der Waals surface area (Å²) in [7, 11) is -0.887. The zero-order valence-electron chi connectivity index (χ0n) is 8.25. The van der Waals surface area contributed by atoms with Gasteiger partial charge in [0.25, 0.3) is 0 Å². The summed E-state index contributed by atoms with van der Waals surface area (Å²) in [6, 6.07) is 3.45. The summed E-state index contributed by atoms with van der Waals surface area (Å²) in [4.78, 5) is 0. The van der Waals surface area contributed by atoms with Gasteiger partial charge in [-0.25, -0.2) is 4.39 Å². The predicted molar refractivity (Wildman–Crippen MR) is 52.8 cm³/mol. The molecule has 2 nitrogen and oxygen atoms in total. The van der Waals surface area contributed by atoms with Gasteiger partial charge in [0.2, 0.25) is 0 Å². The molecule has 0 saturated heterocycles. The number of rotatable bonds is 1. The van der Waals surface area contributed by atoms with E-state index in [0.29, 0.717) is 16.9 Å². The molecule has 0 aromatic heterocycles. The van der Waals surface area contributed by atoms with Crippen LogP contribution in [0.4, 0.5) is 4.39 Å². The van der Waals surface area contributed by atoms with E-state index in [9.17, 15) is 9.41 Å². The number of fused-ring (bicyclic) bond motifs is 1. The number of halogens is 1. The Balaban J connectivity index is 2.48. The van der Waals surface area contributed by atoms with Crippen LogP contribution in [0.2, 0.25) is 0 Å². The molecule has 0 amide bonds. The fourth-order valence-corrected chi connectivity index (χ4v) is 1.73. The van der Waals surface area contributed by atoms with E-state index in [1.807, 2.05) is 13.8 Å². The molecule has 0 spiro atoms. The average molecular weight is 194 g/mol. The summed E-state index contributed by atoms with van der Waals surface area (Å²) < 4.78 is 18.8. The molecule has 0 radical (unpaired) electrons. The summed E-state index contributed by atoms with van der Waals surface area (Å²) in [5.74, 6) is 0.395. The Morgan fingerprint density at radius 1 is 1.50 bits per heavy atom. The molecule has 1 heterocycles. The van der Waals surface area contributed by atoms with Crippen molar-refractivity contribution < 1.29 is 14.1 Å². The third-order valence-electron chi connectivity index (χ3n) is 2.49. The Morgan fingerprint density at radius 3 is 2.86 bits per heavy atom. The molecule has 0 saturated carbocycles. The summed E-state index contributed by atoms with van der Waals surface area (Å²) in [5.41, 5.74) is 1.19. The van der Waals surface area contributed by atoms with E-state index in [1.165, 1.54) is 0 Å². The first-order chi connectivity index (χ1) is 6.59. The maximum absolute atomic E-state index is 13.8. The van der Waals surface area contributed by atoms with Crippen molar-refractivity contribution >= 4 is 7.12 Å². The van der Waals surface area contributed by atoms with Crippen LogP contribution in [0, 0.1) is 5.82 Å². The van der Waals surface area contributed by atoms with Gasteiger partial charge in [-0.1, -0.05) is 19.9 Å². The minimum absolute atomic E-state index is 0.151. The molecule has 1 aliphatic heterocycles. The van der Waals surface area contributed by atoms with Gasteiger partial charge >= 0.3 is 7.12 Å². The molecule has 1 aromatic carbocycles. The van der Waals surface area contributed by atoms with Crippen molar-refractivity contribution in [3.05, 3.63) is 29.1 Å². The van der Waals surface area contributed by atoms with Gasteiger partial charge < -0.3 is 9.68 Å². The summed E-state index contributed by atoms with van der Waals surface area (Å²) >= 11 is 0. The molecule has 0 bridgehead atoms. The highest BCUT2D eigenvalue weighted by Crippen LogP contribution is 2.33. The van der Waals surface area contributed by atoms with E-state index in [1.54, 1.807) is 12.1 Å². The third kappa shape index (κ3) is 1.40. The molecule has 0 aliphatic carbocycles. The Hall–Kier alpha value is -1.03. The minimum Gasteiger partial charge on any atom is -0.536 e. The Labute approximate surface area is 82.9 Å². The Kier molecular flexibility index (Phi) is 2.23. The number of hydrogen-bond donors (Lipinski definition) is 1. The molecule has 1 N–H and O–H groups in total. The number of hydrogen-bond acceptors (Lipinski definition) is 2. The highest BCUT2D eigenvalue weighted by Gasteiger charge is 2.30. The van der Waals surface area contributed by atoms with Crippen LogP contribution in [-0.4, -0.2) is 12.1 Å². The van der Waals surface area contributed by atoms with Gasteiger partial charge in [-0.2, -0.15) is 0 Å². The Morgan fingerprint density at radius 2 is 2.21 bits per heavy atom. The van der Waals surface area contributed by atoms with E-state index in [4.69, 9.17) is 4.65 Å². The van der Waals surface area contributed by atoms with E-state index >= 15 is 0 Å². The summed E-state index contributed by atoms with van der Waals surface area (Å²) in [5, 5.41) is 9.22. The molecule has 4 heteroatoms. The summed E-state index contributed by atoms with van der Waals surface area (Å²) in [6.45, 7) is 3.88. The van der Waals surface area contributed by atoms with Crippen LogP contribution in [0.25, 0.3) is 0 Å². The van der Waals surface area contributed by atoms with Gasteiger partial charge in [0.05, 0.1) is 0 Å². The van der Waals surface area contributed by atoms with Crippen LogP contribution in [0.1, 0.15) is 30.9 Å². The second-order valence-corrected chi connectivity index (χ2v) is 3.88. The number of benzene rings is 1. The lowest BCUT2D eigenvalue weighted by Crippen LogP contribution is -2.17. The molecule has 74 valence electrons. The van der Waals surface area contributed by atoms with Crippen LogP contribution in [-0.2, 0) is 6.32 Å². The monoisotopic (exact) mass is 194 g/mol. The largest absolute Gasteiger partial charge is 0.536 e.